The van der Waals surface area contributed by atoms with Crippen LogP contribution in [0.1, 0.15) is 16.1 Å². The van der Waals surface area contributed by atoms with E-state index in [-0.39, 0.29) is 30.8 Å². The molecular weight excluding hydrogens is 412 g/mol. The van der Waals surface area contributed by atoms with Crippen LogP contribution in [0.25, 0.3) is 0 Å². The molecule has 1 fully saturated rings. The molecule has 1 aromatic heterocycles. The minimum atomic E-state index is -0.235. The minimum absolute atomic E-state index is 0.0241. The van der Waals surface area contributed by atoms with Crippen molar-refractivity contribution in [2.24, 2.45) is 0 Å². The molecule has 3 amide bonds. The molecule has 2 N–H and O–H groups in total. The van der Waals surface area contributed by atoms with Gasteiger partial charge < -0.3 is 15.5 Å². The third-order valence-electron chi connectivity index (χ3n) is 4.60. The maximum Gasteiger partial charge on any atom is 0.261 e. The average molecular weight is 435 g/mol. The Bertz CT molecular complexity index is 859. The van der Waals surface area contributed by atoms with E-state index in [4.69, 9.17) is 11.6 Å². The number of hydrogen-bond donors (Lipinski definition) is 2. The molecule has 1 saturated heterocycles. The van der Waals surface area contributed by atoms with Crippen molar-refractivity contribution in [1.29, 1.82) is 0 Å². The van der Waals surface area contributed by atoms with Crippen LogP contribution in [0.2, 0.25) is 5.02 Å². The summed E-state index contributed by atoms with van der Waals surface area (Å²) >= 11 is 7.41. The molecule has 29 heavy (non-hydrogen) atoms. The Kier molecular flexibility index (Phi) is 7.62. The van der Waals surface area contributed by atoms with Crippen LogP contribution >= 0.6 is 22.9 Å². The van der Waals surface area contributed by atoms with Crippen LogP contribution in [0.15, 0.2) is 41.8 Å². The van der Waals surface area contributed by atoms with E-state index < -0.39 is 0 Å². The maximum atomic E-state index is 12.4. The molecule has 0 bridgehead atoms. The average Bonchev–Trinajstić information content (AvgIpc) is 3.15. The monoisotopic (exact) mass is 434 g/mol. The summed E-state index contributed by atoms with van der Waals surface area (Å²) in [5, 5.41) is 7.81. The normalized spacial score (nSPS) is 14.9. The molecule has 0 radical (unpaired) electrons. The van der Waals surface area contributed by atoms with Crippen molar-refractivity contribution in [1.82, 2.24) is 15.1 Å². The summed E-state index contributed by atoms with van der Waals surface area (Å²) in [6.07, 6.45) is 0.768. The van der Waals surface area contributed by atoms with Crippen molar-refractivity contribution in [3.8, 4) is 0 Å². The molecule has 1 aliphatic rings. The molecule has 0 atom stereocenters. The number of carbonyl (C=O) groups excluding carboxylic acids is 3. The molecule has 9 heteroatoms. The van der Waals surface area contributed by atoms with Gasteiger partial charge in [0, 0.05) is 26.2 Å². The smallest absolute Gasteiger partial charge is 0.261 e. The van der Waals surface area contributed by atoms with Crippen LogP contribution in [-0.2, 0) is 9.59 Å². The Morgan fingerprint density at radius 2 is 1.86 bits per heavy atom. The first kappa shape index (κ1) is 21.3. The van der Waals surface area contributed by atoms with Gasteiger partial charge in [-0.3, -0.25) is 19.3 Å². The van der Waals surface area contributed by atoms with Crippen molar-refractivity contribution >= 4 is 46.3 Å². The lowest BCUT2D eigenvalue weighted by molar-refractivity contribution is -0.129. The fourth-order valence-electron chi connectivity index (χ4n) is 3.10. The van der Waals surface area contributed by atoms with Crippen molar-refractivity contribution < 1.29 is 14.4 Å². The third kappa shape index (κ3) is 6.28. The predicted molar refractivity (Wildman–Crippen MR) is 114 cm³/mol. The van der Waals surface area contributed by atoms with E-state index in [0.717, 1.165) is 13.0 Å². The van der Waals surface area contributed by atoms with Gasteiger partial charge in [-0.1, -0.05) is 29.8 Å². The number of para-hydroxylation sites is 1. The van der Waals surface area contributed by atoms with Crippen LogP contribution in [0.5, 0.6) is 0 Å². The standard InChI is InChI=1S/C20H23ClN4O3S/c21-15-5-1-2-6-16(15)23-18(26)14-24-8-4-9-25(11-10-24)19(27)13-22-20(28)17-7-3-12-29-17/h1-3,5-7,12H,4,8-11,13-14H2,(H,22,28)(H,23,26). The first-order chi connectivity index (χ1) is 14.0. The number of rotatable bonds is 6. The van der Waals surface area contributed by atoms with Gasteiger partial charge in [0.15, 0.2) is 0 Å². The Morgan fingerprint density at radius 1 is 1.03 bits per heavy atom. The molecule has 0 aliphatic carbocycles. The highest BCUT2D eigenvalue weighted by Crippen LogP contribution is 2.20. The number of amides is 3. The van der Waals surface area contributed by atoms with E-state index in [1.54, 1.807) is 35.2 Å². The van der Waals surface area contributed by atoms with E-state index in [2.05, 4.69) is 10.6 Å². The molecule has 1 aliphatic heterocycles. The van der Waals surface area contributed by atoms with Crippen LogP contribution < -0.4 is 10.6 Å². The Hall–Kier alpha value is -2.42. The molecule has 3 rings (SSSR count). The second-order valence-corrected chi connectivity index (χ2v) is 8.05. The SMILES string of the molecule is O=C(CN1CCCN(C(=O)CNC(=O)c2cccs2)CC1)Nc1ccccc1Cl. The summed E-state index contributed by atoms with van der Waals surface area (Å²) in [6, 6.07) is 10.6. The minimum Gasteiger partial charge on any atom is -0.342 e. The molecule has 0 spiro atoms. The second kappa shape index (κ2) is 10.4. The summed E-state index contributed by atoms with van der Waals surface area (Å²) in [7, 11) is 0. The van der Waals surface area contributed by atoms with E-state index in [1.165, 1.54) is 11.3 Å². The van der Waals surface area contributed by atoms with Gasteiger partial charge in [-0.25, -0.2) is 0 Å². The van der Waals surface area contributed by atoms with Gasteiger partial charge in [-0.15, -0.1) is 11.3 Å². The summed E-state index contributed by atoms with van der Waals surface area (Å²) in [5.41, 5.74) is 0.590. The number of nitrogens with one attached hydrogen (secondary N) is 2. The van der Waals surface area contributed by atoms with Gasteiger partial charge in [0.2, 0.25) is 11.8 Å². The molecule has 7 nitrogen and oxygen atoms in total. The lowest BCUT2D eigenvalue weighted by atomic mass is 10.3. The number of benzene rings is 1. The molecule has 2 heterocycles. The summed E-state index contributed by atoms with van der Waals surface area (Å²) in [4.78, 5) is 41.1. The van der Waals surface area contributed by atoms with Crippen LogP contribution in [-0.4, -0.2) is 66.8 Å². The Morgan fingerprint density at radius 3 is 2.62 bits per heavy atom. The fourth-order valence-corrected chi connectivity index (χ4v) is 3.92. The van der Waals surface area contributed by atoms with Gasteiger partial charge >= 0.3 is 0 Å². The second-order valence-electron chi connectivity index (χ2n) is 6.70. The topological polar surface area (TPSA) is 81.8 Å². The lowest BCUT2D eigenvalue weighted by Gasteiger charge is -2.22. The van der Waals surface area contributed by atoms with Gasteiger partial charge in [-0.05, 0) is 30.0 Å². The highest BCUT2D eigenvalue weighted by Gasteiger charge is 2.21. The number of nitrogens with zero attached hydrogens (tertiary/aromatic N) is 2. The van der Waals surface area contributed by atoms with Crippen molar-refractivity contribution in [3.05, 3.63) is 51.7 Å². The number of carbonyl (C=O) groups is 3. The summed E-state index contributed by atoms with van der Waals surface area (Å²) in [5.74, 6) is -0.487. The Balaban J connectivity index is 1.43. The zero-order valence-electron chi connectivity index (χ0n) is 15.9. The van der Waals surface area contributed by atoms with Crippen molar-refractivity contribution in [2.45, 2.75) is 6.42 Å². The van der Waals surface area contributed by atoms with Gasteiger partial charge in [0.05, 0.1) is 28.7 Å². The zero-order chi connectivity index (χ0) is 20.6. The Labute approximate surface area is 178 Å². The highest BCUT2D eigenvalue weighted by atomic mass is 35.5. The van der Waals surface area contributed by atoms with E-state index >= 15 is 0 Å². The van der Waals surface area contributed by atoms with Gasteiger partial charge in [0.25, 0.3) is 5.91 Å². The zero-order valence-corrected chi connectivity index (χ0v) is 17.5. The van der Waals surface area contributed by atoms with Crippen LogP contribution in [0.4, 0.5) is 5.69 Å². The first-order valence-electron chi connectivity index (χ1n) is 9.39. The first-order valence-corrected chi connectivity index (χ1v) is 10.6. The predicted octanol–water partition coefficient (Wildman–Crippen LogP) is 2.30. The number of thiophene rings is 1. The summed E-state index contributed by atoms with van der Waals surface area (Å²) in [6.45, 7) is 2.66. The number of anilines is 1. The van der Waals surface area contributed by atoms with Crippen molar-refractivity contribution in [2.75, 3.05) is 44.6 Å². The van der Waals surface area contributed by atoms with Crippen molar-refractivity contribution in [3.63, 3.8) is 0 Å². The van der Waals surface area contributed by atoms with E-state index in [1.807, 2.05) is 16.3 Å². The third-order valence-corrected chi connectivity index (χ3v) is 5.80. The molecular formula is C20H23ClN4O3S. The molecule has 0 saturated carbocycles. The molecule has 1 aromatic carbocycles. The van der Waals surface area contributed by atoms with Gasteiger partial charge in [0.1, 0.15) is 0 Å². The highest BCUT2D eigenvalue weighted by molar-refractivity contribution is 7.12. The molecule has 2 aromatic rings. The van der Waals surface area contributed by atoms with Gasteiger partial charge in [-0.2, -0.15) is 0 Å². The molecule has 154 valence electrons. The van der Waals surface area contributed by atoms with E-state index in [0.29, 0.717) is 35.2 Å². The maximum absolute atomic E-state index is 12.4. The fraction of sp³-hybridized carbons (Fsp3) is 0.350. The van der Waals surface area contributed by atoms with E-state index in [9.17, 15) is 14.4 Å². The molecule has 0 unspecified atom stereocenters. The lowest BCUT2D eigenvalue weighted by Crippen LogP contribution is -2.42. The van der Waals surface area contributed by atoms with Crippen LogP contribution in [0.3, 0.4) is 0 Å². The number of halogens is 1. The largest absolute Gasteiger partial charge is 0.342 e. The van der Waals surface area contributed by atoms with Crippen LogP contribution in [0, 0.1) is 0 Å². The summed E-state index contributed by atoms with van der Waals surface area (Å²) < 4.78 is 0. The quantitative estimate of drug-likeness (QED) is 0.731. The number of hydrogen-bond acceptors (Lipinski definition) is 5.